The number of amides is 1. The minimum absolute atomic E-state index is 0.189. The summed E-state index contributed by atoms with van der Waals surface area (Å²) in [5.74, 6) is 1.33. The number of ether oxygens (including phenoxy) is 2. The molecule has 0 aliphatic heterocycles. The van der Waals surface area contributed by atoms with Crippen molar-refractivity contribution >= 4 is 23.5 Å². The molecule has 4 rings (SSSR count). The molecule has 0 saturated carbocycles. The van der Waals surface area contributed by atoms with Gasteiger partial charge in [0.1, 0.15) is 11.5 Å². The van der Waals surface area contributed by atoms with Crippen LogP contribution in [0.5, 0.6) is 11.5 Å². The highest BCUT2D eigenvalue weighted by Gasteiger charge is 2.13. The molecular weight excluding hydrogens is 426 g/mol. The zero-order valence-corrected chi connectivity index (χ0v) is 18.3. The van der Waals surface area contributed by atoms with Crippen LogP contribution in [0.25, 0.3) is 22.5 Å². The van der Waals surface area contributed by atoms with Gasteiger partial charge in [-0.2, -0.15) is 0 Å². The Morgan fingerprint density at radius 1 is 0.781 bits per heavy atom. The number of halogens is 1. The molecule has 0 unspecified atom stereocenters. The number of hydrogen-bond donors (Lipinski definition) is 1. The summed E-state index contributed by atoms with van der Waals surface area (Å²) >= 11 is 6.02. The molecule has 0 aliphatic rings. The molecule has 1 amide bonds. The van der Waals surface area contributed by atoms with Crippen LogP contribution in [-0.4, -0.2) is 30.1 Å². The molecule has 4 aromatic rings. The lowest BCUT2D eigenvalue weighted by Gasteiger charge is -2.11. The fourth-order valence-corrected chi connectivity index (χ4v) is 3.32. The lowest BCUT2D eigenvalue weighted by atomic mass is 10.1. The summed E-state index contributed by atoms with van der Waals surface area (Å²) in [6.07, 6.45) is 0. The predicted octanol–water partition coefficient (Wildman–Crippen LogP) is 5.73. The van der Waals surface area contributed by atoms with Crippen molar-refractivity contribution in [2.75, 3.05) is 19.5 Å². The van der Waals surface area contributed by atoms with Crippen LogP contribution >= 0.6 is 11.6 Å². The molecule has 0 bridgehead atoms. The van der Waals surface area contributed by atoms with E-state index in [1.165, 1.54) is 0 Å². The number of anilines is 1. The van der Waals surface area contributed by atoms with E-state index >= 15 is 0 Å². The molecule has 3 aromatic carbocycles. The molecule has 0 radical (unpaired) electrons. The monoisotopic (exact) mass is 445 g/mol. The Labute approximate surface area is 190 Å². The minimum atomic E-state index is -0.347. The highest BCUT2D eigenvalue weighted by Crippen LogP contribution is 2.28. The molecule has 1 N–H and O–H groups in total. The molecule has 160 valence electrons. The number of nitrogens with one attached hydrogen (secondary N) is 1. The van der Waals surface area contributed by atoms with Crippen LogP contribution < -0.4 is 14.8 Å². The van der Waals surface area contributed by atoms with E-state index in [0.29, 0.717) is 22.0 Å². The van der Waals surface area contributed by atoms with Crippen LogP contribution in [0.3, 0.4) is 0 Å². The van der Waals surface area contributed by atoms with Crippen LogP contribution in [0.15, 0.2) is 78.9 Å². The van der Waals surface area contributed by atoms with Gasteiger partial charge in [-0.15, -0.1) is 0 Å². The Bertz CT molecular complexity index is 1180. The molecule has 0 atom stereocenters. The van der Waals surface area contributed by atoms with Gasteiger partial charge < -0.3 is 9.47 Å². The zero-order valence-electron chi connectivity index (χ0n) is 17.5. The summed E-state index contributed by atoms with van der Waals surface area (Å²) in [6.45, 7) is 0. The molecule has 0 spiro atoms. The quantitative estimate of drug-likeness (QED) is 0.410. The van der Waals surface area contributed by atoms with Gasteiger partial charge in [-0.1, -0.05) is 17.7 Å². The highest BCUT2D eigenvalue weighted by atomic mass is 35.5. The first-order valence-electron chi connectivity index (χ1n) is 9.80. The van der Waals surface area contributed by atoms with Gasteiger partial charge in [-0.25, -0.2) is 9.97 Å². The van der Waals surface area contributed by atoms with Gasteiger partial charge >= 0.3 is 0 Å². The summed E-state index contributed by atoms with van der Waals surface area (Å²) in [5.41, 5.74) is 3.47. The van der Waals surface area contributed by atoms with Crippen molar-refractivity contribution in [1.82, 2.24) is 9.97 Å². The SMILES string of the molecule is COc1ccc(-c2cc(-c3ccc(OC)cc3)nc(NC(=O)c3cccc(Cl)c3)n2)cc1. The molecule has 1 aromatic heterocycles. The summed E-state index contributed by atoms with van der Waals surface area (Å²) in [7, 11) is 3.23. The second-order valence-corrected chi connectivity index (χ2v) is 7.32. The number of benzene rings is 3. The third-order valence-corrected chi connectivity index (χ3v) is 5.04. The summed E-state index contributed by atoms with van der Waals surface area (Å²) in [5, 5.41) is 3.26. The number of hydrogen-bond acceptors (Lipinski definition) is 5. The van der Waals surface area contributed by atoms with E-state index in [2.05, 4.69) is 15.3 Å². The topological polar surface area (TPSA) is 73.3 Å². The lowest BCUT2D eigenvalue weighted by Crippen LogP contribution is -2.14. The van der Waals surface area contributed by atoms with Gasteiger partial charge in [0.2, 0.25) is 5.95 Å². The first kappa shape index (κ1) is 21.3. The number of carbonyl (C=O) groups is 1. The van der Waals surface area contributed by atoms with Crippen LogP contribution in [0, 0.1) is 0 Å². The average Bonchev–Trinajstić information content (AvgIpc) is 2.84. The van der Waals surface area contributed by atoms with Crippen LogP contribution in [-0.2, 0) is 0 Å². The normalized spacial score (nSPS) is 10.5. The van der Waals surface area contributed by atoms with Crippen molar-refractivity contribution in [3.8, 4) is 34.0 Å². The van der Waals surface area contributed by atoms with Gasteiger partial charge in [0.25, 0.3) is 5.91 Å². The van der Waals surface area contributed by atoms with Gasteiger partial charge in [-0.05, 0) is 72.8 Å². The molecule has 1 heterocycles. The molecule has 0 saturated heterocycles. The Kier molecular flexibility index (Phi) is 6.33. The molecule has 7 heteroatoms. The highest BCUT2D eigenvalue weighted by molar-refractivity contribution is 6.31. The van der Waals surface area contributed by atoms with Crippen molar-refractivity contribution in [1.29, 1.82) is 0 Å². The summed E-state index contributed by atoms with van der Waals surface area (Å²) < 4.78 is 10.5. The van der Waals surface area contributed by atoms with Gasteiger partial charge in [-0.3, -0.25) is 10.1 Å². The predicted molar refractivity (Wildman–Crippen MR) is 125 cm³/mol. The number of rotatable bonds is 6. The van der Waals surface area contributed by atoms with E-state index in [9.17, 15) is 4.79 Å². The lowest BCUT2D eigenvalue weighted by molar-refractivity contribution is 0.102. The third-order valence-electron chi connectivity index (χ3n) is 4.81. The fraction of sp³-hybridized carbons (Fsp3) is 0.0800. The summed E-state index contributed by atoms with van der Waals surface area (Å²) in [4.78, 5) is 21.9. The maximum absolute atomic E-state index is 12.7. The number of nitrogens with zero attached hydrogens (tertiary/aromatic N) is 2. The Balaban J connectivity index is 1.74. The van der Waals surface area contributed by atoms with E-state index < -0.39 is 0 Å². The number of carbonyl (C=O) groups excluding carboxylic acids is 1. The number of aromatic nitrogens is 2. The smallest absolute Gasteiger partial charge is 0.258 e. The van der Waals surface area contributed by atoms with Crippen molar-refractivity contribution < 1.29 is 14.3 Å². The third kappa shape index (κ3) is 4.87. The minimum Gasteiger partial charge on any atom is -0.497 e. The van der Waals surface area contributed by atoms with Crippen LogP contribution in [0.1, 0.15) is 10.4 Å². The van der Waals surface area contributed by atoms with Gasteiger partial charge in [0.15, 0.2) is 0 Å². The Morgan fingerprint density at radius 3 is 1.78 bits per heavy atom. The van der Waals surface area contributed by atoms with E-state index in [1.807, 2.05) is 54.6 Å². The molecule has 6 nitrogen and oxygen atoms in total. The Hall–Kier alpha value is -3.90. The van der Waals surface area contributed by atoms with Gasteiger partial charge in [0, 0.05) is 21.7 Å². The molecular formula is C25H20ClN3O3. The second-order valence-electron chi connectivity index (χ2n) is 6.88. The molecule has 0 aliphatic carbocycles. The average molecular weight is 446 g/mol. The Morgan fingerprint density at radius 2 is 1.31 bits per heavy atom. The maximum Gasteiger partial charge on any atom is 0.258 e. The first-order chi connectivity index (χ1) is 15.6. The molecule has 32 heavy (non-hydrogen) atoms. The molecule has 0 fully saturated rings. The van der Waals surface area contributed by atoms with Crippen LogP contribution in [0.2, 0.25) is 5.02 Å². The summed E-state index contributed by atoms with van der Waals surface area (Å²) in [6, 6.07) is 23.6. The number of methoxy groups -OCH3 is 2. The van der Waals surface area contributed by atoms with Gasteiger partial charge in [0.05, 0.1) is 25.6 Å². The van der Waals surface area contributed by atoms with E-state index in [1.54, 1.807) is 38.5 Å². The van der Waals surface area contributed by atoms with Crippen LogP contribution in [0.4, 0.5) is 5.95 Å². The second kappa shape index (κ2) is 9.49. The van der Waals surface area contributed by atoms with E-state index in [4.69, 9.17) is 21.1 Å². The largest absolute Gasteiger partial charge is 0.497 e. The van der Waals surface area contributed by atoms with Crippen molar-refractivity contribution in [2.24, 2.45) is 0 Å². The van der Waals surface area contributed by atoms with Crippen molar-refractivity contribution in [2.45, 2.75) is 0 Å². The first-order valence-corrected chi connectivity index (χ1v) is 10.2. The zero-order chi connectivity index (χ0) is 22.5. The fourth-order valence-electron chi connectivity index (χ4n) is 3.13. The van der Waals surface area contributed by atoms with E-state index in [0.717, 1.165) is 22.6 Å². The standard InChI is InChI=1S/C25H20ClN3O3/c1-31-20-10-6-16(7-11-20)22-15-23(17-8-12-21(32-2)13-9-17)28-25(27-22)29-24(30)18-4-3-5-19(26)14-18/h3-15H,1-2H3,(H,27,28,29,30). The van der Waals surface area contributed by atoms with E-state index in [-0.39, 0.29) is 11.9 Å². The maximum atomic E-state index is 12.7. The van der Waals surface area contributed by atoms with Crippen molar-refractivity contribution in [3.05, 3.63) is 89.4 Å². The van der Waals surface area contributed by atoms with Crippen molar-refractivity contribution in [3.63, 3.8) is 0 Å².